The molecule has 0 spiro atoms. The first kappa shape index (κ1) is 11.2. The van der Waals surface area contributed by atoms with E-state index in [1.54, 1.807) is 0 Å². The Balaban J connectivity index is 2.67. The number of fused-ring (bicyclic) bond motifs is 1. The SMILES string of the molecule is Cc1cc2c(c(C(C)(C)C)c1)OCCC2=O. The van der Waals surface area contributed by atoms with Crippen molar-refractivity contribution in [1.82, 2.24) is 0 Å². The molecule has 0 fully saturated rings. The second-order valence-corrected chi connectivity index (χ2v) is 5.46. The number of benzene rings is 1. The van der Waals surface area contributed by atoms with Crippen LogP contribution in [-0.4, -0.2) is 12.4 Å². The van der Waals surface area contributed by atoms with E-state index in [1.807, 2.05) is 13.0 Å². The van der Waals surface area contributed by atoms with E-state index in [2.05, 4.69) is 26.8 Å². The van der Waals surface area contributed by atoms with E-state index in [-0.39, 0.29) is 11.2 Å². The van der Waals surface area contributed by atoms with Crippen LogP contribution in [-0.2, 0) is 5.41 Å². The van der Waals surface area contributed by atoms with Crippen molar-refractivity contribution in [2.24, 2.45) is 0 Å². The number of hydrogen-bond donors (Lipinski definition) is 0. The van der Waals surface area contributed by atoms with Crippen LogP contribution >= 0.6 is 0 Å². The van der Waals surface area contributed by atoms with Crippen LogP contribution in [0.15, 0.2) is 12.1 Å². The molecule has 0 bridgehead atoms. The van der Waals surface area contributed by atoms with E-state index in [1.165, 1.54) is 0 Å². The minimum absolute atomic E-state index is 0.00766. The van der Waals surface area contributed by atoms with Crippen molar-refractivity contribution in [2.45, 2.75) is 39.5 Å². The Kier molecular flexibility index (Phi) is 2.53. The average molecular weight is 218 g/mol. The zero-order valence-electron chi connectivity index (χ0n) is 10.4. The second kappa shape index (κ2) is 3.62. The third-order valence-electron chi connectivity index (χ3n) is 2.92. The van der Waals surface area contributed by atoms with Gasteiger partial charge in [-0.3, -0.25) is 4.79 Å². The molecule has 0 saturated heterocycles. The van der Waals surface area contributed by atoms with Gasteiger partial charge in [0, 0.05) is 12.0 Å². The molecule has 0 N–H and O–H groups in total. The van der Waals surface area contributed by atoms with Crippen molar-refractivity contribution in [3.8, 4) is 5.75 Å². The van der Waals surface area contributed by atoms with Crippen LogP contribution in [0.2, 0.25) is 0 Å². The molecule has 0 amide bonds. The van der Waals surface area contributed by atoms with Gasteiger partial charge in [-0.25, -0.2) is 0 Å². The van der Waals surface area contributed by atoms with Gasteiger partial charge in [0.1, 0.15) is 5.75 Å². The fourth-order valence-corrected chi connectivity index (χ4v) is 2.07. The van der Waals surface area contributed by atoms with Crippen LogP contribution in [0.4, 0.5) is 0 Å². The zero-order chi connectivity index (χ0) is 11.9. The van der Waals surface area contributed by atoms with Crippen molar-refractivity contribution in [2.75, 3.05) is 6.61 Å². The molecule has 1 aliphatic heterocycles. The normalized spacial score (nSPS) is 15.6. The number of ketones is 1. The molecule has 1 heterocycles. The molecule has 86 valence electrons. The topological polar surface area (TPSA) is 26.3 Å². The molecule has 0 radical (unpaired) electrons. The van der Waals surface area contributed by atoms with Crippen LogP contribution in [0, 0.1) is 6.92 Å². The number of hydrogen-bond acceptors (Lipinski definition) is 2. The highest BCUT2D eigenvalue weighted by Crippen LogP contribution is 2.37. The Morgan fingerprint density at radius 3 is 2.56 bits per heavy atom. The van der Waals surface area contributed by atoms with E-state index in [4.69, 9.17) is 4.74 Å². The zero-order valence-corrected chi connectivity index (χ0v) is 10.4. The summed E-state index contributed by atoms with van der Waals surface area (Å²) in [6.07, 6.45) is 0.500. The Labute approximate surface area is 96.6 Å². The predicted molar refractivity (Wildman–Crippen MR) is 64.3 cm³/mol. The number of Topliss-reactive ketones (excluding diaryl/α,β-unsaturated/α-hetero) is 1. The first-order chi connectivity index (χ1) is 7.39. The lowest BCUT2D eigenvalue weighted by Crippen LogP contribution is -2.21. The first-order valence-corrected chi connectivity index (χ1v) is 5.71. The molecule has 16 heavy (non-hydrogen) atoms. The Bertz CT molecular complexity index is 439. The van der Waals surface area contributed by atoms with Gasteiger partial charge in [-0.05, 0) is 24.0 Å². The summed E-state index contributed by atoms with van der Waals surface area (Å²) in [5, 5.41) is 0. The Morgan fingerprint density at radius 1 is 1.25 bits per heavy atom. The summed E-state index contributed by atoms with van der Waals surface area (Å²) in [4.78, 5) is 11.8. The van der Waals surface area contributed by atoms with Gasteiger partial charge in [0.25, 0.3) is 0 Å². The highest BCUT2D eigenvalue weighted by atomic mass is 16.5. The summed E-state index contributed by atoms with van der Waals surface area (Å²) >= 11 is 0. The fourth-order valence-electron chi connectivity index (χ4n) is 2.07. The number of carbonyl (C=O) groups excluding carboxylic acids is 1. The van der Waals surface area contributed by atoms with Crippen molar-refractivity contribution in [3.63, 3.8) is 0 Å². The van der Waals surface area contributed by atoms with Crippen LogP contribution in [0.25, 0.3) is 0 Å². The quantitative estimate of drug-likeness (QED) is 0.668. The first-order valence-electron chi connectivity index (χ1n) is 5.71. The Hall–Kier alpha value is -1.31. The molecule has 0 atom stereocenters. The summed E-state index contributed by atoms with van der Waals surface area (Å²) in [5.41, 5.74) is 3.03. The lowest BCUT2D eigenvalue weighted by Gasteiger charge is -2.27. The molecule has 0 unspecified atom stereocenters. The van der Waals surface area contributed by atoms with Gasteiger partial charge >= 0.3 is 0 Å². The van der Waals surface area contributed by atoms with Crippen molar-refractivity contribution in [1.29, 1.82) is 0 Å². The number of ether oxygens (including phenoxy) is 1. The molecule has 0 aliphatic carbocycles. The predicted octanol–water partition coefficient (Wildman–Crippen LogP) is 3.26. The smallest absolute Gasteiger partial charge is 0.170 e. The number of aryl methyl sites for hydroxylation is 1. The van der Waals surface area contributed by atoms with E-state index in [9.17, 15) is 4.79 Å². The van der Waals surface area contributed by atoms with E-state index in [0.29, 0.717) is 13.0 Å². The average Bonchev–Trinajstić information content (AvgIpc) is 2.17. The summed E-state index contributed by atoms with van der Waals surface area (Å²) in [5.74, 6) is 1.00. The van der Waals surface area contributed by atoms with Crippen molar-refractivity contribution in [3.05, 3.63) is 28.8 Å². The standard InChI is InChI=1S/C14H18O2/c1-9-7-10-12(15)5-6-16-13(10)11(8-9)14(2,3)4/h7-8H,5-6H2,1-4H3. The molecule has 1 aromatic carbocycles. The van der Waals surface area contributed by atoms with Gasteiger partial charge in [-0.15, -0.1) is 0 Å². The second-order valence-electron chi connectivity index (χ2n) is 5.46. The lowest BCUT2D eigenvalue weighted by atomic mass is 9.83. The summed E-state index contributed by atoms with van der Waals surface area (Å²) in [6, 6.07) is 4.06. The minimum atomic E-state index is 0.00766. The molecule has 2 nitrogen and oxygen atoms in total. The molecule has 2 rings (SSSR count). The monoisotopic (exact) mass is 218 g/mol. The maximum atomic E-state index is 11.8. The summed E-state index contributed by atoms with van der Waals surface area (Å²) in [7, 11) is 0. The maximum absolute atomic E-state index is 11.8. The number of rotatable bonds is 0. The summed E-state index contributed by atoms with van der Waals surface area (Å²) < 4.78 is 5.69. The van der Waals surface area contributed by atoms with Crippen LogP contribution in [0.3, 0.4) is 0 Å². The molecule has 1 aromatic rings. The highest BCUT2D eigenvalue weighted by molar-refractivity contribution is 6.00. The lowest BCUT2D eigenvalue weighted by molar-refractivity contribution is 0.0931. The van der Waals surface area contributed by atoms with Gasteiger partial charge < -0.3 is 4.74 Å². The number of carbonyl (C=O) groups is 1. The van der Waals surface area contributed by atoms with Crippen LogP contribution in [0.5, 0.6) is 5.75 Å². The van der Waals surface area contributed by atoms with Crippen molar-refractivity contribution < 1.29 is 9.53 Å². The summed E-state index contributed by atoms with van der Waals surface area (Å²) in [6.45, 7) is 8.97. The van der Waals surface area contributed by atoms with E-state index >= 15 is 0 Å². The van der Waals surface area contributed by atoms with Gasteiger partial charge in [-0.1, -0.05) is 26.8 Å². The van der Waals surface area contributed by atoms with E-state index < -0.39 is 0 Å². The van der Waals surface area contributed by atoms with Crippen LogP contribution in [0.1, 0.15) is 48.7 Å². The molecular weight excluding hydrogens is 200 g/mol. The third-order valence-corrected chi connectivity index (χ3v) is 2.92. The van der Waals surface area contributed by atoms with Crippen molar-refractivity contribution >= 4 is 5.78 Å². The third kappa shape index (κ3) is 1.84. The largest absolute Gasteiger partial charge is 0.492 e. The molecule has 0 aromatic heterocycles. The molecule has 2 heteroatoms. The van der Waals surface area contributed by atoms with Crippen LogP contribution < -0.4 is 4.74 Å². The molecule has 1 aliphatic rings. The van der Waals surface area contributed by atoms with Gasteiger partial charge in [0.05, 0.1) is 12.2 Å². The molecular formula is C14H18O2. The van der Waals surface area contributed by atoms with Gasteiger partial charge in [0.2, 0.25) is 0 Å². The molecule has 0 saturated carbocycles. The Morgan fingerprint density at radius 2 is 1.94 bits per heavy atom. The van der Waals surface area contributed by atoms with Gasteiger partial charge in [0.15, 0.2) is 5.78 Å². The minimum Gasteiger partial charge on any atom is -0.492 e. The van der Waals surface area contributed by atoms with E-state index in [0.717, 1.165) is 22.4 Å². The highest BCUT2D eigenvalue weighted by Gasteiger charge is 2.27. The van der Waals surface area contributed by atoms with Gasteiger partial charge in [-0.2, -0.15) is 0 Å². The maximum Gasteiger partial charge on any atom is 0.170 e. The fraction of sp³-hybridized carbons (Fsp3) is 0.500.